The number of amides is 1. The molecule has 0 bridgehead atoms. The second kappa shape index (κ2) is 7.28. The van der Waals surface area contributed by atoms with Crippen LogP contribution in [-0.2, 0) is 4.74 Å². The van der Waals surface area contributed by atoms with Gasteiger partial charge in [-0.1, -0.05) is 12.0 Å². The Labute approximate surface area is 127 Å². The van der Waals surface area contributed by atoms with Crippen LogP contribution in [0.3, 0.4) is 0 Å². The van der Waals surface area contributed by atoms with Crippen molar-refractivity contribution in [2.24, 2.45) is 5.92 Å². The molecule has 0 aromatic heterocycles. The Kier molecular flexibility index (Phi) is 5.41. The zero-order valence-corrected chi connectivity index (χ0v) is 12.9. The molecule has 3 nitrogen and oxygen atoms in total. The summed E-state index contributed by atoms with van der Waals surface area (Å²) in [6.45, 7) is 6.68. The number of rotatable bonds is 4. The zero-order valence-electron chi connectivity index (χ0n) is 12.9. The molecule has 1 amide bonds. The number of carbonyl (C=O) groups excluding carboxylic acids is 1. The molecule has 1 aromatic carbocycles. The molecule has 1 aliphatic heterocycles. The van der Waals surface area contributed by atoms with E-state index in [0.29, 0.717) is 19.1 Å². The van der Waals surface area contributed by atoms with Crippen LogP contribution < -0.4 is 0 Å². The van der Waals surface area contributed by atoms with Gasteiger partial charge in [0.2, 0.25) is 0 Å². The molecule has 1 saturated heterocycles. The van der Waals surface area contributed by atoms with Gasteiger partial charge in [-0.3, -0.25) is 4.79 Å². The fourth-order valence-electron chi connectivity index (χ4n) is 2.73. The molecule has 21 heavy (non-hydrogen) atoms. The molecule has 0 radical (unpaired) electrons. The Balaban J connectivity index is 1.98. The van der Waals surface area contributed by atoms with Crippen LogP contribution in [0.5, 0.6) is 0 Å². The summed E-state index contributed by atoms with van der Waals surface area (Å²) in [6.07, 6.45) is 7.31. The van der Waals surface area contributed by atoms with E-state index in [-0.39, 0.29) is 5.91 Å². The lowest BCUT2D eigenvalue weighted by molar-refractivity contribution is 0.0534. The number of benzene rings is 1. The van der Waals surface area contributed by atoms with E-state index in [4.69, 9.17) is 11.2 Å². The molecule has 112 valence electrons. The van der Waals surface area contributed by atoms with Crippen LogP contribution in [0.15, 0.2) is 18.2 Å². The Morgan fingerprint density at radius 1 is 1.43 bits per heavy atom. The summed E-state index contributed by atoms with van der Waals surface area (Å²) in [6, 6.07) is 5.92. The Bertz CT molecular complexity index is 545. The number of carbonyl (C=O) groups is 1. The third kappa shape index (κ3) is 4.09. The fraction of sp³-hybridized carbons (Fsp3) is 0.500. The van der Waals surface area contributed by atoms with Crippen molar-refractivity contribution in [3.8, 4) is 12.3 Å². The van der Waals surface area contributed by atoms with Crippen LogP contribution in [0.4, 0.5) is 0 Å². The van der Waals surface area contributed by atoms with Crippen molar-refractivity contribution in [2.75, 3.05) is 26.3 Å². The van der Waals surface area contributed by atoms with Crippen molar-refractivity contribution >= 4 is 5.91 Å². The summed E-state index contributed by atoms with van der Waals surface area (Å²) in [5, 5.41) is 0. The van der Waals surface area contributed by atoms with Crippen molar-refractivity contribution in [1.82, 2.24) is 4.90 Å². The number of hydrogen-bond acceptors (Lipinski definition) is 2. The average Bonchev–Trinajstić information content (AvgIpc) is 2.50. The van der Waals surface area contributed by atoms with E-state index in [0.717, 1.165) is 37.1 Å². The molecule has 0 spiro atoms. The van der Waals surface area contributed by atoms with E-state index in [1.165, 1.54) is 5.56 Å². The van der Waals surface area contributed by atoms with Gasteiger partial charge in [-0.2, -0.15) is 0 Å². The van der Waals surface area contributed by atoms with E-state index in [9.17, 15) is 4.79 Å². The largest absolute Gasteiger partial charge is 0.368 e. The van der Waals surface area contributed by atoms with Crippen molar-refractivity contribution < 1.29 is 9.53 Å². The molecule has 0 aliphatic carbocycles. The molecular weight excluding hydrogens is 262 g/mol. The standard InChI is InChI=1S/C18H23NO2/c1-4-10-21-13-16-6-5-9-19(12-16)18(20)17-8-7-14(2)15(3)11-17/h1,7-8,11,16H,5-6,9-10,12-13H2,2-3H3. The molecule has 0 saturated carbocycles. The number of ether oxygens (including phenoxy) is 1. The zero-order chi connectivity index (χ0) is 15.2. The normalized spacial score (nSPS) is 18.3. The van der Waals surface area contributed by atoms with Crippen LogP contribution in [0.2, 0.25) is 0 Å². The van der Waals surface area contributed by atoms with Gasteiger partial charge in [0.15, 0.2) is 0 Å². The van der Waals surface area contributed by atoms with E-state index >= 15 is 0 Å². The first kappa shape index (κ1) is 15.6. The monoisotopic (exact) mass is 285 g/mol. The number of aryl methyl sites for hydroxylation is 2. The van der Waals surface area contributed by atoms with Crippen LogP contribution in [-0.4, -0.2) is 37.1 Å². The van der Waals surface area contributed by atoms with Crippen molar-refractivity contribution in [3.63, 3.8) is 0 Å². The lowest BCUT2D eigenvalue weighted by atomic mass is 9.97. The number of nitrogens with zero attached hydrogens (tertiary/aromatic N) is 1. The maximum atomic E-state index is 12.6. The number of hydrogen-bond donors (Lipinski definition) is 0. The fourth-order valence-corrected chi connectivity index (χ4v) is 2.73. The van der Waals surface area contributed by atoms with Gasteiger partial charge in [0, 0.05) is 24.6 Å². The molecular formula is C18H23NO2. The second-order valence-corrected chi connectivity index (χ2v) is 5.78. The van der Waals surface area contributed by atoms with Gasteiger partial charge < -0.3 is 9.64 Å². The highest BCUT2D eigenvalue weighted by Gasteiger charge is 2.24. The predicted molar refractivity (Wildman–Crippen MR) is 84.2 cm³/mol. The van der Waals surface area contributed by atoms with E-state index in [1.807, 2.05) is 30.0 Å². The minimum absolute atomic E-state index is 0.125. The number of terminal acetylenes is 1. The highest BCUT2D eigenvalue weighted by atomic mass is 16.5. The summed E-state index contributed by atoms with van der Waals surface area (Å²) < 4.78 is 5.42. The summed E-state index contributed by atoms with van der Waals surface area (Å²) in [5.41, 5.74) is 3.15. The summed E-state index contributed by atoms with van der Waals surface area (Å²) in [7, 11) is 0. The second-order valence-electron chi connectivity index (χ2n) is 5.78. The van der Waals surface area contributed by atoms with Crippen molar-refractivity contribution in [3.05, 3.63) is 34.9 Å². The summed E-state index contributed by atoms with van der Waals surface area (Å²) in [4.78, 5) is 14.5. The van der Waals surface area contributed by atoms with Crippen molar-refractivity contribution in [1.29, 1.82) is 0 Å². The van der Waals surface area contributed by atoms with Gasteiger partial charge in [-0.15, -0.1) is 6.42 Å². The minimum Gasteiger partial charge on any atom is -0.368 e. The quantitative estimate of drug-likeness (QED) is 0.629. The third-order valence-electron chi connectivity index (χ3n) is 4.10. The first-order valence-corrected chi connectivity index (χ1v) is 7.49. The van der Waals surface area contributed by atoms with E-state index < -0.39 is 0 Å². The Morgan fingerprint density at radius 2 is 2.24 bits per heavy atom. The lowest BCUT2D eigenvalue weighted by Crippen LogP contribution is -2.41. The molecule has 1 unspecified atom stereocenters. The molecule has 1 heterocycles. The first-order valence-electron chi connectivity index (χ1n) is 7.49. The summed E-state index contributed by atoms with van der Waals surface area (Å²) >= 11 is 0. The predicted octanol–water partition coefficient (Wildman–Crippen LogP) is 2.81. The van der Waals surface area contributed by atoms with Crippen LogP contribution in [0.1, 0.15) is 34.3 Å². The Hall–Kier alpha value is -1.79. The number of piperidine rings is 1. The van der Waals surface area contributed by atoms with E-state index in [1.54, 1.807) is 0 Å². The number of likely N-dealkylation sites (tertiary alicyclic amines) is 1. The van der Waals surface area contributed by atoms with Gasteiger partial charge >= 0.3 is 0 Å². The smallest absolute Gasteiger partial charge is 0.253 e. The summed E-state index contributed by atoms with van der Waals surface area (Å²) in [5.74, 6) is 2.99. The molecule has 2 rings (SSSR count). The molecule has 0 N–H and O–H groups in total. The average molecular weight is 285 g/mol. The molecule has 1 fully saturated rings. The van der Waals surface area contributed by atoms with Gasteiger partial charge in [0.05, 0.1) is 6.61 Å². The molecule has 1 aromatic rings. The SMILES string of the molecule is C#CCOCC1CCCN(C(=O)c2ccc(C)c(C)c2)C1. The molecule has 3 heteroatoms. The topological polar surface area (TPSA) is 29.5 Å². The van der Waals surface area contributed by atoms with Gasteiger partial charge in [-0.25, -0.2) is 0 Å². The van der Waals surface area contributed by atoms with Crippen LogP contribution >= 0.6 is 0 Å². The Morgan fingerprint density at radius 3 is 2.95 bits per heavy atom. The first-order chi connectivity index (χ1) is 10.1. The van der Waals surface area contributed by atoms with Gasteiger partial charge in [0.25, 0.3) is 5.91 Å². The highest BCUT2D eigenvalue weighted by Crippen LogP contribution is 2.20. The van der Waals surface area contributed by atoms with Crippen molar-refractivity contribution in [2.45, 2.75) is 26.7 Å². The van der Waals surface area contributed by atoms with E-state index in [2.05, 4.69) is 12.8 Å². The maximum absolute atomic E-state index is 12.6. The van der Waals surface area contributed by atoms with Crippen LogP contribution in [0, 0.1) is 32.1 Å². The van der Waals surface area contributed by atoms with Gasteiger partial charge in [-0.05, 0) is 49.9 Å². The molecule has 1 atom stereocenters. The third-order valence-corrected chi connectivity index (χ3v) is 4.10. The molecule has 1 aliphatic rings. The highest BCUT2D eigenvalue weighted by molar-refractivity contribution is 5.94. The van der Waals surface area contributed by atoms with Gasteiger partial charge in [0.1, 0.15) is 6.61 Å². The maximum Gasteiger partial charge on any atom is 0.253 e. The van der Waals surface area contributed by atoms with Crippen LogP contribution in [0.25, 0.3) is 0 Å². The lowest BCUT2D eigenvalue weighted by Gasteiger charge is -2.32. The minimum atomic E-state index is 0.125.